The second-order valence-corrected chi connectivity index (χ2v) is 10.6. The Bertz CT molecular complexity index is 1140. The standard InChI is InChI=1S/C23H29N3O3S2/c1-4-5-11-25-31(28,29)17-8-9-20-18(14-17)19(23(27)24-12-10-16(2)3)15-21(26-20)22-7-6-13-30-22/h6-9,13-16,25H,4-5,10-12H2,1-3H3,(H,24,27). The molecule has 0 bridgehead atoms. The van der Waals surface area contributed by atoms with Crippen LogP contribution in [0.1, 0.15) is 50.4 Å². The number of fused-ring (bicyclic) bond motifs is 1. The Morgan fingerprint density at radius 1 is 1.16 bits per heavy atom. The Hall–Kier alpha value is -2.29. The molecule has 3 rings (SSSR count). The van der Waals surface area contributed by atoms with E-state index in [1.54, 1.807) is 35.6 Å². The molecular formula is C23H29N3O3S2. The number of hydrogen-bond donors (Lipinski definition) is 2. The highest BCUT2D eigenvalue weighted by molar-refractivity contribution is 7.89. The topological polar surface area (TPSA) is 88.2 Å². The molecule has 2 heterocycles. The highest BCUT2D eigenvalue weighted by Crippen LogP contribution is 2.29. The first-order chi connectivity index (χ1) is 14.8. The van der Waals surface area contributed by atoms with Crippen molar-refractivity contribution in [2.75, 3.05) is 13.1 Å². The molecule has 0 fully saturated rings. The Morgan fingerprint density at radius 2 is 1.97 bits per heavy atom. The number of amides is 1. The summed E-state index contributed by atoms with van der Waals surface area (Å²) in [6.07, 6.45) is 2.53. The molecule has 0 saturated heterocycles. The van der Waals surface area contributed by atoms with Gasteiger partial charge in [0.15, 0.2) is 0 Å². The molecule has 0 aliphatic heterocycles. The molecule has 0 aliphatic rings. The molecule has 0 unspecified atom stereocenters. The molecular weight excluding hydrogens is 430 g/mol. The quantitative estimate of drug-likeness (QED) is 0.426. The zero-order valence-electron chi connectivity index (χ0n) is 18.1. The first-order valence-corrected chi connectivity index (χ1v) is 12.9. The fraction of sp³-hybridized carbons (Fsp3) is 0.391. The van der Waals surface area contributed by atoms with E-state index in [1.165, 1.54) is 0 Å². The van der Waals surface area contributed by atoms with Crippen LogP contribution in [0.3, 0.4) is 0 Å². The van der Waals surface area contributed by atoms with Crippen LogP contribution in [0.2, 0.25) is 0 Å². The third-order valence-electron chi connectivity index (χ3n) is 4.94. The molecule has 0 saturated carbocycles. The number of carbonyl (C=O) groups is 1. The summed E-state index contributed by atoms with van der Waals surface area (Å²) >= 11 is 1.55. The van der Waals surface area contributed by atoms with Crippen molar-refractivity contribution in [2.45, 2.75) is 44.9 Å². The Balaban J connectivity index is 2.04. The summed E-state index contributed by atoms with van der Waals surface area (Å²) in [4.78, 5) is 18.8. The largest absolute Gasteiger partial charge is 0.352 e. The predicted octanol–water partition coefficient (Wildman–Crippen LogP) is 4.82. The normalized spacial score (nSPS) is 11.9. The maximum atomic E-state index is 13.0. The lowest BCUT2D eigenvalue weighted by Crippen LogP contribution is -2.26. The number of aromatic nitrogens is 1. The van der Waals surface area contributed by atoms with Gasteiger partial charge in [0.1, 0.15) is 0 Å². The molecule has 0 aliphatic carbocycles. The van der Waals surface area contributed by atoms with Crippen LogP contribution in [-0.4, -0.2) is 32.4 Å². The van der Waals surface area contributed by atoms with E-state index in [4.69, 9.17) is 0 Å². The molecule has 1 aromatic carbocycles. The zero-order chi connectivity index (χ0) is 22.4. The fourth-order valence-corrected chi connectivity index (χ4v) is 4.93. The third kappa shape index (κ3) is 5.90. The van der Waals surface area contributed by atoms with Crippen LogP contribution in [-0.2, 0) is 10.0 Å². The first-order valence-electron chi connectivity index (χ1n) is 10.6. The van der Waals surface area contributed by atoms with Crippen LogP contribution in [0, 0.1) is 5.92 Å². The predicted molar refractivity (Wildman–Crippen MR) is 127 cm³/mol. The van der Waals surface area contributed by atoms with Gasteiger partial charge in [0, 0.05) is 18.5 Å². The van der Waals surface area contributed by atoms with E-state index in [0.717, 1.165) is 24.1 Å². The number of thiophene rings is 1. The summed E-state index contributed by atoms with van der Waals surface area (Å²) in [5.41, 5.74) is 1.73. The minimum absolute atomic E-state index is 0.137. The van der Waals surface area contributed by atoms with Crippen molar-refractivity contribution in [3.05, 3.63) is 47.3 Å². The number of carbonyl (C=O) groups excluding carboxylic acids is 1. The summed E-state index contributed by atoms with van der Waals surface area (Å²) in [7, 11) is -3.66. The lowest BCUT2D eigenvalue weighted by molar-refractivity contribution is 0.0953. The van der Waals surface area contributed by atoms with Crippen LogP contribution in [0.4, 0.5) is 0 Å². The van der Waals surface area contributed by atoms with Gasteiger partial charge in [0.25, 0.3) is 5.91 Å². The monoisotopic (exact) mass is 459 g/mol. The van der Waals surface area contributed by atoms with Crippen LogP contribution in [0.5, 0.6) is 0 Å². The summed E-state index contributed by atoms with van der Waals surface area (Å²) in [6, 6.07) is 10.4. The molecule has 2 N–H and O–H groups in total. The van der Waals surface area contributed by atoms with Gasteiger partial charge in [-0.1, -0.05) is 33.3 Å². The maximum absolute atomic E-state index is 13.0. The van der Waals surface area contributed by atoms with E-state index in [-0.39, 0.29) is 10.8 Å². The molecule has 8 heteroatoms. The number of nitrogens with zero attached hydrogens (tertiary/aromatic N) is 1. The Kier molecular flexibility index (Phi) is 7.80. The molecule has 0 radical (unpaired) electrons. The van der Waals surface area contributed by atoms with Crippen LogP contribution in [0.15, 0.2) is 46.7 Å². The minimum Gasteiger partial charge on any atom is -0.352 e. The summed E-state index contributed by atoms with van der Waals surface area (Å²) in [5, 5.41) is 5.45. The highest BCUT2D eigenvalue weighted by atomic mass is 32.2. The van der Waals surface area contributed by atoms with Crippen molar-refractivity contribution in [3.63, 3.8) is 0 Å². The second-order valence-electron chi connectivity index (χ2n) is 7.90. The molecule has 0 atom stereocenters. The molecule has 2 aromatic heterocycles. The molecule has 3 aromatic rings. The fourth-order valence-electron chi connectivity index (χ4n) is 3.15. The molecule has 6 nitrogen and oxygen atoms in total. The van der Waals surface area contributed by atoms with E-state index in [1.807, 2.05) is 24.4 Å². The number of rotatable bonds is 10. The van der Waals surface area contributed by atoms with E-state index < -0.39 is 10.0 Å². The SMILES string of the molecule is CCCCNS(=O)(=O)c1ccc2nc(-c3cccs3)cc(C(=O)NCCC(C)C)c2c1. The molecule has 0 spiro atoms. The Labute approximate surface area is 188 Å². The number of sulfonamides is 1. The first kappa shape index (κ1) is 23.4. The van der Waals surface area contributed by atoms with Gasteiger partial charge in [0.05, 0.1) is 26.5 Å². The molecule has 31 heavy (non-hydrogen) atoms. The Morgan fingerprint density at radius 3 is 2.65 bits per heavy atom. The lowest BCUT2D eigenvalue weighted by Gasteiger charge is -2.12. The van der Waals surface area contributed by atoms with Crippen LogP contribution in [0.25, 0.3) is 21.5 Å². The minimum atomic E-state index is -3.66. The lowest BCUT2D eigenvalue weighted by atomic mass is 10.1. The number of pyridine rings is 1. The van der Waals surface area contributed by atoms with Crippen molar-refractivity contribution in [3.8, 4) is 10.6 Å². The number of benzene rings is 1. The van der Waals surface area contributed by atoms with Crippen molar-refractivity contribution in [2.24, 2.45) is 5.92 Å². The van der Waals surface area contributed by atoms with Crippen molar-refractivity contribution in [1.29, 1.82) is 0 Å². The van der Waals surface area contributed by atoms with Gasteiger partial charge in [-0.3, -0.25) is 4.79 Å². The van der Waals surface area contributed by atoms with Crippen LogP contribution < -0.4 is 10.0 Å². The molecule has 1 amide bonds. The van der Waals surface area contributed by atoms with Gasteiger partial charge in [-0.2, -0.15) is 0 Å². The van der Waals surface area contributed by atoms with Gasteiger partial charge in [0.2, 0.25) is 10.0 Å². The number of unbranched alkanes of at least 4 members (excludes halogenated alkanes) is 1. The zero-order valence-corrected chi connectivity index (χ0v) is 19.8. The van der Waals surface area contributed by atoms with Gasteiger partial charge in [-0.15, -0.1) is 11.3 Å². The summed E-state index contributed by atoms with van der Waals surface area (Å²) in [5.74, 6) is 0.251. The van der Waals surface area contributed by atoms with Crippen molar-refractivity contribution in [1.82, 2.24) is 15.0 Å². The second kappa shape index (κ2) is 10.3. The maximum Gasteiger partial charge on any atom is 0.252 e. The van der Waals surface area contributed by atoms with Gasteiger partial charge in [-0.25, -0.2) is 18.1 Å². The number of hydrogen-bond acceptors (Lipinski definition) is 5. The van der Waals surface area contributed by atoms with E-state index >= 15 is 0 Å². The highest BCUT2D eigenvalue weighted by Gasteiger charge is 2.19. The van der Waals surface area contributed by atoms with Gasteiger partial charge in [-0.05, 0) is 54.5 Å². The van der Waals surface area contributed by atoms with Crippen LogP contribution >= 0.6 is 11.3 Å². The summed E-state index contributed by atoms with van der Waals surface area (Å²) in [6.45, 7) is 7.16. The average Bonchev–Trinajstić information content (AvgIpc) is 3.27. The molecule has 166 valence electrons. The van der Waals surface area contributed by atoms with E-state index in [9.17, 15) is 13.2 Å². The third-order valence-corrected chi connectivity index (χ3v) is 7.29. The van der Waals surface area contributed by atoms with Gasteiger partial charge >= 0.3 is 0 Å². The summed E-state index contributed by atoms with van der Waals surface area (Å²) < 4.78 is 28.0. The van der Waals surface area contributed by atoms with Crippen molar-refractivity contribution < 1.29 is 13.2 Å². The smallest absolute Gasteiger partial charge is 0.252 e. The van der Waals surface area contributed by atoms with E-state index in [2.05, 4.69) is 28.9 Å². The van der Waals surface area contributed by atoms with Crippen molar-refractivity contribution >= 4 is 38.2 Å². The van der Waals surface area contributed by atoms with E-state index in [0.29, 0.717) is 41.2 Å². The average molecular weight is 460 g/mol. The van der Waals surface area contributed by atoms with Gasteiger partial charge < -0.3 is 5.32 Å². The number of nitrogens with one attached hydrogen (secondary N) is 2.